The van der Waals surface area contributed by atoms with E-state index in [9.17, 15) is 4.79 Å². The highest BCUT2D eigenvalue weighted by molar-refractivity contribution is 5.94. The lowest BCUT2D eigenvalue weighted by atomic mass is 10.2. The van der Waals surface area contributed by atoms with Crippen LogP contribution in [0.3, 0.4) is 0 Å². The van der Waals surface area contributed by atoms with Crippen molar-refractivity contribution in [2.45, 2.75) is 26.2 Å². The van der Waals surface area contributed by atoms with Gasteiger partial charge in [-0.15, -0.1) is 0 Å². The third-order valence-corrected chi connectivity index (χ3v) is 4.82. The smallest absolute Gasteiger partial charge is 0.272 e. The molecule has 1 N–H and O–H groups in total. The second-order valence-corrected chi connectivity index (χ2v) is 6.79. The number of rotatable bonds is 6. The van der Waals surface area contributed by atoms with Crippen molar-refractivity contribution in [1.29, 1.82) is 0 Å². The van der Waals surface area contributed by atoms with E-state index in [1.807, 2.05) is 35.0 Å². The second kappa shape index (κ2) is 7.66. The summed E-state index contributed by atoms with van der Waals surface area (Å²) in [6.07, 6.45) is 2.93. The van der Waals surface area contributed by atoms with Crippen molar-refractivity contribution >= 4 is 5.91 Å². The van der Waals surface area contributed by atoms with Gasteiger partial charge in [0.05, 0.1) is 12.2 Å². The van der Waals surface area contributed by atoms with Crippen molar-refractivity contribution in [3.8, 4) is 11.4 Å². The normalized spacial score (nSPS) is 12.6. The Morgan fingerprint density at radius 3 is 2.67 bits per heavy atom. The maximum atomic E-state index is 12.7. The van der Waals surface area contributed by atoms with Gasteiger partial charge in [-0.05, 0) is 50.5 Å². The van der Waals surface area contributed by atoms with Gasteiger partial charge in [-0.1, -0.05) is 35.9 Å². The minimum Gasteiger partial charge on any atom is -0.492 e. The summed E-state index contributed by atoms with van der Waals surface area (Å²) in [5.74, 6) is 0.673. The number of fused-ring (bicyclic) bond motifs is 1. The van der Waals surface area contributed by atoms with E-state index >= 15 is 0 Å². The van der Waals surface area contributed by atoms with Crippen LogP contribution in [-0.4, -0.2) is 28.8 Å². The molecule has 0 unspecified atom stereocenters. The second-order valence-electron chi connectivity index (χ2n) is 6.79. The molecule has 3 aromatic rings. The van der Waals surface area contributed by atoms with Gasteiger partial charge in [-0.25, -0.2) is 4.68 Å². The third-order valence-electron chi connectivity index (χ3n) is 4.82. The van der Waals surface area contributed by atoms with Crippen molar-refractivity contribution < 1.29 is 9.53 Å². The molecule has 138 valence electrons. The first-order valence-electron chi connectivity index (χ1n) is 9.36. The fourth-order valence-corrected chi connectivity index (χ4v) is 3.45. The Kier molecular flexibility index (Phi) is 4.92. The van der Waals surface area contributed by atoms with Crippen LogP contribution in [-0.2, 0) is 12.8 Å². The number of benzene rings is 2. The summed E-state index contributed by atoms with van der Waals surface area (Å²) in [7, 11) is 0. The molecule has 0 fully saturated rings. The summed E-state index contributed by atoms with van der Waals surface area (Å²) in [4.78, 5) is 12.7. The molecule has 27 heavy (non-hydrogen) atoms. The molecule has 1 amide bonds. The zero-order valence-electron chi connectivity index (χ0n) is 15.4. The lowest BCUT2D eigenvalue weighted by molar-refractivity contribution is 0.0940. The molecule has 0 atom stereocenters. The predicted molar refractivity (Wildman–Crippen MR) is 105 cm³/mol. The SMILES string of the molecule is Cc1ccc(-n2nc(C(=O)NCCOc3ccccc3)c3c2CCC3)cc1. The monoisotopic (exact) mass is 361 g/mol. The van der Waals surface area contributed by atoms with E-state index < -0.39 is 0 Å². The van der Waals surface area contributed by atoms with Crippen molar-refractivity contribution in [3.63, 3.8) is 0 Å². The molecule has 1 heterocycles. The van der Waals surface area contributed by atoms with E-state index in [2.05, 4.69) is 41.6 Å². The Morgan fingerprint density at radius 2 is 1.89 bits per heavy atom. The highest BCUT2D eigenvalue weighted by atomic mass is 16.5. The molecule has 0 bridgehead atoms. The standard InChI is InChI=1S/C22H23N3O2/c1-16-10-12-17(13-11-16)25-20-9-5-8-19(20)21(24-25)22(26)23-14-15-27-18-6-3-2-4-7-18/h2-4,6-7,10-13H,5,8-9,14-15H2,1H3,(H,23,26). The molecule has 0 saturated carbocycles. The lowest BCUT2D eigenvalue weighted by Gasteiger charge is -2.07. The van der Waals surface area contributed by atoms with Crippen LogP contribution >= 0.6 is 0 Å². The first-order chi connectivity index (χ1) is 13.2. The first-order valence-corrected chi connectivity index (χ1v) is 9.36. The maximum absolute atomic E-state index is 12.7. The molecule has 0 spiro atoms. The van der Waals surface area contributed by atoms with E-state index in [1.165, 1.54) is 5.56 Å². The van der Waals surface area contributed by atoms with Gasteiger partial charge in [0, 0.05) is 11.3 Å². The number of aryl methyl sites for hydroxylation is 1. The lowest BCUT2D eigenvalue weighted by Crippen LogP contribution is -2.29. The van der Waals surface area contributed by atoms with E-state index in [1.54, 1.807) is 0 Å². The molecule has 1 aliphatic carbocycles. The Morgan fingerprint density at radius 1 is 1.11 bits per heavy atom. The van der Waals surface area contributed by atoms with E-state index in [0.717, 1.165) is 42.0 Å². The van der Waals surface area contributed by atoms with Crippen molar-refractivity contribution in [1.82, 2.24) is 15.1 Å². The molecule has 5 nitrogen and oxygen atoms in total. The van der Waals surface area contributed by atoms with Crippen molar-refractivity contribution in [2.75, 3.05) is 13.2 Å². The Balaban J connectivity index is 1.44. The van der Waals surface area contributed by atoms with Crippen LogP contribution in [0.4, 0.5) is 0 Å². The van der Waals surface area contributed by atoms with Crippen molar-refractivity contribution in [2.24, 2.45) is 0 Å². The third kappa shape index (κ3) is 3.72. The van der Waals surface area contributed by atoms with Gasteiger partial charge in [0.1, 0.15) is 12.4 Å². The molecule has 5 heteroatoms. The summed E-state index contributed by atoms with van der Waals surface area (Å²) < 4.78 is 7.56. The summed E-state index contributed by atoms with van der Waals surface area (Å²) in [6.45, 7) is 2.93. The largest absolute Gasteiger partial charge is 0.492 e. The number of hydrogen-bond donors (Lipinski definition) is 1. The van der Waals surface area contributed by atoms with Gasteiger partial charge in [0.2, 0.25) is 0 Å². The Bertz CT molecular complexity index is 930. The number of amides is 1. The van der Waals surface area contributed by atoms with Gasteiger partial charge in [0.25, 0.3) is 5.91 Å². The average molecular weight is 361 g/mol. The Hall–Kier alpha value is -3.08. The average Bonchev–Trinajstić information content (AvgIpc) is 3.29. The predicted octanol–water partition coefficient (Wildman–Crippen LogP) is 3.48. The quantitative estimate of drug-likeness (QED) is 0.684. The summed E-state index contributed by atoms with van der Waals surface area (Å²) in [6, 6.07) is 17.8. The molecule has 1 aromatic heterocycles. The molecular formula is C22H23N3O2. The number of aromatic nitrogens is 2. The van der Waals surface area contributed by atoms with Crippen molar-refractivity contribution in [3.05, 3.63) is 77.1 Å². The molecule has 1 aliphatic rings. The van der Waals surface area contributed by atoms with Gasteiger partial charge in [0.15, 0.2) is 5.69 Å². The van der Waals surface area contributed by atoms with Crippen LogP contribution in [0.5, 0.6) is 5.75 Å². The number of hydrogen-bond acceptors (Lipinski definition) is 3. The van der Waals surface area contributed by atoms with Crippen LogP contribution in [0, 0.1) is 6.92 Å². The van der Waals surface area contributed by atoms with E-state index in [-0.39, 0.29) is 5.91 Å². The van der Waals surface area contributed by atoms with Crippen LogP contribution in [0.25, 0.3) is 5.69 Å². The van der Waals surface area contributed by atoms with E-state index in [0.29, 0.717) is 18.8 Å². The summed E-state index contributed by atoms with van der Waals surface area (Å²) in [5, 5.41) is 7.57. The fraction of sp³-hybridized carbons (Fsp3) is 0.273. The van der Waals surface area contributed by atoms with Crippen LogP contribution in [0.15, 0.2) is 54.6 Å². The Labute approximate surface area is 159 Å². The number of carbonyl (C=O) groups excluding carboxylic acids is 1. The van der Waals surface area contributed by atoms with Crippen LogP contribution in [0.1, 0.15) is 33.7 Å². The zero-order chi connectivity index (χ0) is 18.6. The maximum Gasteiger partial charge on any atom is 0.272 e. The number of para-hydroxylation sites is 1. The molecule has 0 aliphatic heterocycles. The van der Waals surface area contributed by atoms with Gasteiger partial charge >= 0.3 is 0 Å². The zero-order valence-corrected chi connectivity index (χ0v) is 15.4. The summed E-state index contributed by atoms with van der Waals surface area (Å²) >= 11 is 0. The number of nitrogens with zero attached hydrogens (tertiary/aromatic N) is 2. The van der Waals surface area contributed by atoms with Crippen LogP contribution < -0.4 is 10.1 Å². The molecule has 2 aromatic carbocycles. The minimum atomic E-state index is -0.129. The number of nitrogens with one attached hydrogen (secondary N) is 1. The molecular weight excluding hydrogens is 338 g/mol. The topological polar surface area (TPSA) is 56.2 Å². The first kappa shape index (κ1) is 17.3. The molecule has 0 radical (unpaired) electrons. The fourth-order valence-electron chi connectivity index (χ4n) is 3.45. The van der Waals surface area contributed by atoms with E-state index in [4.69, 9.17) is 4.74 Å². The van der Waals surface area contributed by atoms with Crippen LogP contribution in [0.2, 0.25) is 0 Å². The highest BCUT2D eigenvalue weighted by Gasteiger charge is 2.26. The number of ether oxygens (including phenoxy) is 1. The van der Waals surface area contributed by atoms with Gasteiger partial charge < -0.3 is 10.1 Å². The van der Waals surface area contributed by atoms with Gasteiger partial charge in [-0.2, -0.15) is 5.10 Å². The van der Waals surface area contributed by atoms with Gasteiger partial charge in [-0.3, -0.25) is 4.79 Å². The number of carbonyl (C=O) groups is 1. The molecule has 0 saturated heterocycles. The minimum absolute atomic E-state index is 0.129. The molecule has 4 rings (SSSR count). The summed E-state index contributed by atoms with van der Waals surface area (Å²) in [5.41, 5.74) is 4.99. The highest BCUT2D eigenvalue weighted by Crippen LogP contribution is 2.27.